The molecule has 0 saturated carbocycles. The standard InChI is InChI=1S/C20H22ClN3O3/c1-14(22-23-20(26)17-13-16(21)7-8-18(17)25)19(15-5-3-2-4-6-15)24-9-11-27-12-10-24/h2-8,13,19,25H,9-12H2,1H3,(H,23,26)/b22-14-/t19-/m0/s1. The maximum absolute atomic E-state index is 12.4. The summed E-state index contributed by atoms with van der Waals surface area (Å²) in [6, 6.07) is 14.3. The Labute approximate surface area is 163 Å². The molecule has 1 aliphatic rings. The van der Waals surface area contributed by atoms with Crippen molar-refractivity contribution in [1.82, 2.24) is 10.3 Å². The van der Waals surface area contributed by atoms with Gasteiger partial charge < -0.3 is 9.84 Å². The molecule has 6 nitrogen and oxygen atoms in total. The molecular formula is C20H22ClN3O3. The lowest BCUT2D eigenvalue weighted by Crippen LogP contribution is -2.42. The topological polar surface area (TPSA) is 74.2 Å². The van der Waals surface area contributed by atoms with Crippen LogP contribution in [0.5, 0.6) is 5.75 Å². The van der Waals surface area contributed by atoms with E-state index in [0.717, 1.165) is 24.4 Å². The third-order valence-electron chi connectivity index (χ3n) is 4.46. The molecule has 3 rings (SSSR count). The highest BCUT2D eigenvalue weighted by molar-refractivity contribution is 6.31. The van der Waals surface area contributed by atoms with Crippen LogP contribution in [0.4, 0.5) is 0 Å². The Bertz CT molecular complexity index is 820. The molecule has 0 aliphatic carbocycles. The molecule has 1 aliphatic heterocycles. The maximum atomic E-state index is 12.4. The van der Waals surface area contributed by atoms with Crippen molar-refractivity contribution in [2.24, 2.45) is 5.10 Å². The zero-order valence-corrected chi connectivity index (χ0v) is 15.8. The Morgan fingerprint density at radius 1 is 1.22 bits per heavy atom. The van der Waals surface area contributed by atoms with Gasteiger partial charge in [0.25, 0.3) is 5.91 Å². The largest absolute Gasteiger partial charge is 0.507 e. The predicted octanol–water partition coefficient (Wildman–Crippen LogP) is 3.22. The number of nitrogens with zero attached hydrogens (tertiary/aromatic N) is 2. The number of ether oxygens (including phenoxy) is 1. The van der Waals surface area contributed by atoms with Crippen molar-refractivity contribution in [2.45, 2.75) is 13.0 Å². The number of nitrogens with one attached hydrogen (secondary N) is 1. The number of hydrogen-bond acceptors (Lipinski definition) is 5. The lowest BCUT2D eigenvalue weighted by molar-refractivity contribution is 0.0285. The van der Waals surface area contributed by atoms with E-state index in [9.17, 15) is 9.90 Å². The Balaban J connectivity index is 1.81. The quantitative estimate of drug-likeness (QED) is 0.610. The van der Waals surface area contributed by atoms with Crippen LogP contribution in [0.25, 0.3) is 0 Å². The summed E-state index contributed by atoms with van der Waals surface area (Å²) >= 11 is 5.91. The number of carbonyl (C=O) groups excluding carboxylic acids is 1. The number of halogens is 1. The number of amides is 1. The summed E-state index contributed by atoms with van der Waals surface area (Å²) in [5.74, 6) is -0.652. The first-order valence-corrected chi connectivity index (χ1v) is 9.14. The zero-order valence-electron chi connectivity index (χ0n) is 15.1. The van der Waals surface area contributed by atoms with Crippen molar-refractivity contribution >= 4 is 23.2 Å². The number of hydrogen-bond donors (Lipinski definition) is 2. The van der Waals surface area contributed by atoms with Gasteiger partial charge in [0, 0.05) is 18.1 Å². The molecule has 0 unspecified atom stereocenters. The molecule has 0 aromatic heterocycles. The van der Waals surface area contributed by atoms with Gasteiger partial charge >= 0.3 is 0 Å². The minimum Gasteiger partial charge on any atom is -0.507 e. The van der Waals surface area contributed by atoms with E-state index < -0.39 is 5.91 Å². The van der Waals surface area contributed by atoms with Crippen molar-refractivity contribution in [1.29, 1.82) is 0 Å². The molecule has 1 saturated heterocycles. The van der Waals surface area contributed by atoms with Crippen LogP contribution in [0.2, 0.25) is 5.02 Å². The van der Waals surface area contributed by atoms with Crippen molar-refractivity contribution in [3.63, 3.8) is 0 Å². The molecule has 1 heterocycles. The SMILES string of the molecule is C/C(=N/NC(=O)c1cc(Cl)ccc1O)[C@@H](c1ccccc1)N1CCOCC1. The maximum Gasteiger partial charge on any atom is 0.275 e. The van der Waals surface area contributed by atoms with Gasteiger partial charge in [-0.15, -0.1) is 0 Å². The molecule has 1 amide bonds. The molecule has 7 heteroatoms. The Kier molecular flexibility index (Phi) is 6.45. The van der Waals surface area contributed by atoms with Crippen molar-refractivity contribution in [3.05, 3.63) is 64.7 Å². The number of aromatic hydroxyl groups is 1. The van der Waals surface area contributed by atoms with Gasteiger partial charge in [-0.05, 0) is 30.7 Å². The Hall–Kier alpha value is -2.41. The average molecular weight is 388 g/mol. The second kappa shape index (κ2) is 8.99. The summed E-state index contributed by atoms with van der Waals surface area (Å²) < 4.78 is 5.45. The van der Waals surface area contributed by atoms with E-state index in [1.807, 2.05) is 37.3 Å². The van der Waals surface area contributed by atoms with Crippen LogP contribution < -0.4 is 5.43 Å². The lowest BCUT2D eigenvalue weighted by Gasteiger charge is -2.34. The van der Waals surface area contributed by atoms with Gasteiger partial charge in [-0.2, -0.15) is 5.10 Å². The van der Waals surface area contributed by atoms with Crippen LogP contribution in [-0.4, -0.2) is 47.9 Å². The minimum absolute atomic E-state index is 0.0663. The molecule has 0 bridgehead atoms. The highest BCUT2D eigenvalue weighted by Gasteiger charge is 2.25. The molecule has 2 aromatic rings. The summed E-state index contributed by atoms with van der Waals surface area (Å²) in [4.78, 5) is 14.7. The predicted molar refractivity (Wildman–Crippen MR) is 105 cm³/mol. The van der Waals surface area contributed by atoms with Crippen LogP contribution in [0.15, 0.2) is 53.6 Å². The molecule has 1 atom stereocenters. The van der Waals surface area contributed by atoms with E-state index in [0.29, 0.717) is 18.2 Å². The number of carbonyl (C=O) groups is 1. The van der Waals surface area contributed by atoms with Gasteiger partial charge in [0.05, 0.1) is 30.5 Å². The van der Waals surface area contributed by atoms with E-state index >= 15 is 0 Å². The molecule has 0 radical (unpaired) electrons. The first-order chi connectivity index (χ1) is 13.1. The number of rotatable bonds is 5. The third-order valence-corrected chi connectivity index (χ3v) is 4.69. The van der Waals surface area contributed by atoms with Crippen LogP contribution in [-0.2, 0) is 4.74 Å². The van der Waals surface area contributed by atoms with Gasteiger partial charge in [-0.3, -0.25) is 9.69 Å². The van der Waals surface area contributed by atoms with E-state index in [4.69, 9.17) is 16.3 Å². The fourth-order valence-corrected chi connectivity index (χ4v) is 3.31. The lowest BCUT2D eigenvalue weighted by atomic mass is 10.0. The fraction of sp³-hybridized carbons (Fsp3) is 0.300. The highest BCUT2D eigenvalue weighted by Crippen LogP contribution is 2.24. The van der Waals surface area contributed by atoms with Crippen molar-refractivity contribution in [2.75, 3.05) is 26.3 Å². The van der Waals surface area contributed by atoms with Crippen molar-refractivity contribution < 1.29 is 14.6 Å². The fourth-order valence-electron chi connectivity index (χ4n) is 3.14. The summed E-state index contributed by atoms with van der Waals surface area (Å²) in [6.45, 7) is 4.79. The number of hydrazone groups is 1. The summed E-state index contributed by atoms with van der Waals surface area (Å²) in [7, 11) is 0. The number of phenolic OH excluding ortho intramolecular Hbond substituents is 1. The number of morpholine rings is 1. The smallest absolute Gasteiger partial charge is 0.275 e. The molecule has 2 aromatic carbocycles. The minimum atomic E-state index is -0.511. The van der Waals surface area contributed by atoms with E-state index in [2.05, 4.69) is 15.4 Å². The molecule has 0 spiro atoms. The van der Waals surface area contributed by atoms with Crippen LogP contribution in [0.1, 0.15) is 28.9 Å². The second-order valence-electron chi connectivity index (χ2n) is 6.32. The molecule has 2 N–H and O–H groups in total. The molecule has 142 valence electrons. The first-order valence-electron chi connectivity index (χ1n) is 8.76. The number of benzene rings is 2. The Morgan fingerprint density at radius 3 is 2.63 bits per heavy atom. The summed E-state index contributed by atoms with van der Waals surface area (Å²) in [5.41, 5.74) is 4.46. The third kappa shape index (κ3) is 4.86. The molecule has 27 heavy (non-hydrogen) atoms. The van der Waals surface area contributed by atoms with Crippen LogP contribution in [0.3, 0.4) is 0 Å². The van der Waals surface area contributed by atoms with Crippen molar-refractivity contribution in [3.8, 4) is 5.75 Å². The van der Waals surface area contributed by atoms with Gasteiger partial charge in [-0.25, -0.2) is 5.43 Å². The molecular weight excluding hydrogens is 366 g/mol. The molecule has 1 fully saturated rings. The summed E-state index contributed by atoms with van der Waals surface area (Å²) in [5, 5.41) is 14.5. The normalized spacial score (nSPS) is 16.7. The van der Waals surface area contributed by atoms with Gasteiger partial charge in [0.1, 0.15) is 5.75 Å². The summed E-state index contributed by atoms with van der Waals surface area (Å²) in [6.07, 6.45) is 0. The highest BCUT2D eigenvalue weighted by atomic mass is 35.5. The van der Waals surface area contributed by atoms with E-state index in [-0.39, 0.29) is 17.4 Å². The first kappa shape index (κ1) is 19.4. The van der Waals surface area contributed by atoms with E-state index in [1.165, 1.54) is 18.2 Å². The van der Waals surface area contributed by atoms with Gasteiger partial charge in [0.15, 0.2) is 0 Å². The van der Waals surface area contributed by atoms with Crippen LogP contribution in [0, 0.1) is 0 Å². The van der Waals surface area contributed by atoms with Gasteiger partial charge in [-0.1, -0.05) is 41.9 Å². The monoisotopic (exact) mass is 387 g/mol. The number of phenols is 1. The average Bonchev–Trinajstić information content (AvgIpc) is 2.70. The zero-order chi connectivity index (χ0) is 19.2. The second-order valence-corrected chi connectivity index (χ2v) is 6.75. The Morgan fingerprint density at radius 2 is 1.93 bits per heavy atom. The van der Waals surface area contributed by atoms with Crippen LogP contribution >= 0.6 is 11.6 Å². The van der Waals surface area contributed by atoms with E-state index in [1.54, 1.807) is 0 Å². The van der Waals surface area contributed by atoms with Gasteiger partial charge in [0.2, 0.25) is 0 Å².